The van der Waals surface area contributed by atoms with Crippen LogP contribution in [0.3, 0.4) is 0 Å². The van der Waals surface area contributed by atoms with E-state index in [4.69, 9.17) is 0 Å². The van der Waals surface area contributed by atoms with Crippen LogP contribution in [0.4, 0.5) is 0 Å². The molecule has 0 saturated carbocycles. The number of fused-ring (bicyclic) bond motifs is 1. The van der Waals surface area contributed by atoms with Crippen molar-refractivity contribution in [2.75, 3.05) is 6.26 Å². The maximum absolute atomic E-state index is 9.56. The fourth-order valence-corrected chi connectivity index (χ4v) is 1.76. The Labute approximate surface area is 85.9 Å². The van der Waals surface area contributed by atoms with Crippen molar-refractivity contribution in [2.45, 2.75) is 5.16 Å². The van der Waals surface area contributed by atoms with E-state index in [2.05, 4.69) is 16.5 Å². The van der Waals surface area contributed by atoms with Crippen molar-refractivity contribution in [3.63, 3.8) is 0 Å². The van der Waals surface area contributed by atoms with E-state index in [0.29, 0.717) is 5.56 Å². The minimum atomic E-state index is 0.214. The Hall–Kier alpha value is -1.42. The van der Waals surface area contributed by atoms with Crippen LogP contribution in [0.2, 0.25) is 0 Å². The first-order valence-electron chi connectivity index (χ1n) is 4.14. The second-order valence-corrected chi connectivity index (χ2v) is 3.64. The zero-order valence-corrected chi connectivity index (χ0v) is 8.56. The standard InChI is InChI=1S/C10H10N2OS/c1-3-6-8(13)5-4-7-9(6)12-10(11-7)14-2/h3-5,13H,1H2,2H3,(H,11,12). The summed E-state index contributed by atoms with van der Waals surface area (Å²) in [6, 6.07) is 3.45. The van der Waals surface area contributed by atoms with Gasteiger partial charge >= 0.3 is 0 Å². The van der Waals surface area contributed by atoms with Crippen LogP contribution < -0.4 is 0 Å². The molecule has 0 fully saturated rings. The fourth-order valence-electron chi connectivity index (χ4n) is 1.36. The fraction of sp³-hybridized carbons (Fsp3) is 0.100. The van der Waals surface area contributed by atoms with Crippen molar-refractivity contribution < 1.29 is 5.11 Å². The lowest BCUT2D eigenvalue weighted by atomic mass is 10.1. The summed E-state index contributed by atoms with van der Waals surface area (Å²) in [7, 11) is 0. The molecule has 3 nitrogen and oxygen atoms in total. The zero-order chi connectivity index (χ0) is 10.1. The summed E-state index contributed by atoms with van der Waals surface area (Å²) in [6.07, 6.45) is 3.56. The molecule has 0 spiro atoms. The number of nitrogens with zero attached hydrogens (tertiary/aromatic N) is 1. The summed E-state index contributed by atoms with van der Waals surface area (Å²) in [5.41, 5.74) is 2.37. The van der Waals surface area contributed by atoms with Crippen molar-refractivity contribution in [1.82, 2.24) is 9.97 Å². The molecule has 0 aliphatic heterocycles. The quantitative estimate of drug-likeness (QED) is 0.742. The van der Waals surface area contributed by atoms with Crippen LogP contribution in [-0.4, -0.2) is 21.3 Å². The van der Waals surface area contributed by atoms with Crippen molar-refractivity contribution in [1.29, 1.82) is 0 Å². The summed E-state index contributed by atoms with van der Waals surface area (Å²) < 4.78 is 0. The van der Waals surface area contributed by atoms with Crippen LogP contribution in [0.1, 0.15) is 5.56 Å². The smallest absolute Gasteiger partial charge is 0.166 e. The number of aromatic nitrogens is 2. The summed E-state index contributed by atoms with van der Waals surface area (Å²) >= 11 is 1.54. The predicted octanol–water partition coefficient (Wildman–Crippen LogP) is 2.63. The lowest BCUT2D eigenvalue weighted by Gasteiger charge is -1.97. The summed E-state index contributed by atoms with van der Waals surface area (Å²) in [4.78, 5) is 7.48. The van der Waals surface area contributed by atoms with Gasteiger partial charge in [0.15, 0.2) is 5.16 Å². The number of benzene rings is 1. The molecule has 2 rings (SSSR count). The normalized spacial score (nSPS) is 10.6. The minimum absolute atomic E-state index is 0.214. The largest absolute Gasteiger partial charge is 0.507 e. The molecule has 72 valence electrons. The molecular weight excluding hydrogens is 196 g/mol. The summed E-state index contributed by atoms with van der Waals surface area (Å²) in [5.74, 6) is 0.214. The Kier molecular flexibility index (Phi) is 2.21. The van der Waals surface area contributed by atoms with Crippen LogP contribution in [0, 0.1) is 0 Å². The molecule has 1 aromatic carbocycles. The van der Waals surface area contributed by atoms with Gasteiger partial charge in [0.05, 0.1) is 5.52 Å². The lowest BCUT2D eigenvalue weighted by Crippen LogP contribution is -1.77. The van der Waals surface area contributed by atoms with Gasteiger partial charge < -0.3 is 10.1 Å². The molecule has 2 aromatic rings. The highest BCUT2D eigenvalue weighted by atomic mass is 32.2. The molecule has 0 amide bonds. The van der Waals surface area contributed by atoms with Crippen molar-refractivity contribution in [3.05, 3.63) is 24.3 Å². The molecule has 0 bridgehead atoms. The molecule has 0 aliphatic rings. The zero-order valence-electron chi connectivity index (χ0n) is 7.74. The van der Waals surface area contributed by atoms with E-state index in [1.807, 2.05) is 12.3 Å². The first kappa shape index (κ1) is 9.15. The van der Waals surface area contributed by atoms with E-state index >= 15 is 0 Å². The van der Waals surface area contributed by atoms with E-state index in [-0.39, 0.29) is 5.75 Å². The molecule has 1 aromatic heterocycles. The predicted molar refractivity (Wildman–Crippen MR) is 59.6 cm³/mol. The molecule has 1 heterocycles. The van der Waals surface area contributed by atoms with Crippen molar-refractivity contribution in [3.8, 4) is 5.75 Å². The van der Waals surface area contributed by atoms with Gasteiger partial charge in [-0.05, 0) is 18.4 Å². The Balaban J connectivity index is 2.79. The van der Waals surface area contributed by atoms with E-state index in [1.54, 1.807) is 12.1 Å². The van der Waals surface area contributed by atoms with Gasteiger partial charge in [-0.15, -0.1) is 0 Å². The van der Waals surface area contributed by atoms with Crippen molar-refractivity contribution in [2.24, 2.45) is 0 Å². The molecule has 14 heavy (non-hydrogen) atoms. The Morgan fingerprint density at radius 3 is 3.00 bits per heavy atom. The van der Waals surface area contributed by atoms with Crippen LogP contribution in [0.25, 0.3) is 17.1 Å². The number of nitrogens with one attached hydrogen (secondary N) is 1. The van der Waals surface area contributed by atoms with E-state index in [1.165, 1.54) is 11.8 Å². The van der Waals surface area contributed by atoms with Gasteiger partial charge in [0.1, 0.15) is 11.3 Å². The molecule has 0 atom stereocenters. The van der Waals surface area contributed by atoms with Crippen LogP contribution in [0.15, 0.2) is 23.9 Å². The maximum atomic E-state index is 9.56. The number of aromatic hydroxyl groups is 1. The lowest BCUT2D eigenvalue weighted by molar-refractivity contribution is 0.475. The second-order valence-electron chi connectivity index (χ2n) is 2.84. The third kappa shape index (κ3) is 1.28. The third-order valence-electron chi connectivity index (χ3n) is 2.05. The van der Waals surface area contributed by atoms with Gasteiger partial charge in [0.25, 0.3) is 0 Å². The molecule has 2 N–H and O–H groups in total. The minimum Gasteiger partial charge on any atom is -0.507 e. The number of hydrogen-bond acceptors (Lipinski definition) is 3. The average Bonchev–Trinajstić information content (AvgIpc) is 2.60. The van der Waals surface area contributed by atoms with Crippen molar-refractivity contribution >= 4 is 28.9 Å². The molecular formula is C10H10N2OS. The van der Waals surface area contributed by atoms with Gasteiger partial charge in [-0.3, -0.25) is 0 Å². The molecule has 0 radical (unpaired) electrons. The van der Waals surface area contributed by atoms with Crippen LogP contribution >= 0.6 is 11.8 Å². The Bertz CT molecular complexity index is 490. The monoisotopic (exact) mass is 206 g/mol. The number of hydrogen-bond donors (Lipinski definition) is 2. The van der Waals surface area contributed by atoms with E-state index < -0.39 is 0 Å². The first-order chi connectivity index (χ1) is 6.76. The highest BCUT2D eigenvalue weighted by molar-refractivity contribution is 7.98. The van der Waals surface area contributed by atoms with Crippen LogP contribution in [0.5, 0.6) is 5.75 Å². The van der Waals surface area contributed by atoms with Gasteiger partial charge in [-0.2, -0.15) is 0 Å². The molecule has 0 unspecified atom stereocenters. The summed E-state index contributed by atoms with van der Waals surface area (Å²) in [5, 5.41) is 10.4. The van der Waals surface area contributed by atoms with Gasteiger partial charge in [-0.1, -0.05) is 24.4 Å². The SMILES string of the molecule is C=Cc1c(O)ccc2[nH]c(SC)nc12. The maximum Gasteiger partial charge on any atom is 0.166 e. The average molecular weight is 206 g/mol. The number of rotatable bonds is 2. The number of H-pyrrole nitrogens is 1. The molecule has 0 aliphatic carbocycles. The van der Waals surface area contributed by atoms with Gasteiger partial charge in [0.2, 0.25) is 0 Å². The second kappa shape index (κ2) is 3.38. The molecule has 4 heteroatoms. The first-order valence-corrected chi connectivity index (χ1v) is 5.37. The Morgan fingerprint density at radius 2 is 2.36 bits per heavy atom. The number of imidazole rings is 1. The van der Waals surface area contributed by atoms with Gasteiger partial charge in [-0.25, -0.2) is 4.98 Å². The third-order valence-corrected chi connectivity index (χ3v) is 2.63. The van der Waals surface area contributed by atoms with E-state index in [9.17, 15) is 5.11 Å². The highest BCUT2D eigenvalue weighted by Gasteiger charge is 2.08. The topological polar surface area (TPSA) is 48.9 Å². The van der Waals surface area contributed by atoms with Crippen LogP contribution in [-0.2, 0) is 0 Å². The number of aromatic amines is 1. The number of phenols is 1. The number of phenolic OH excluding ortho intramolecular Hbond substituents is 1. The Morgan fingerprint density at radius 1 is 1.57 bits per heavy atom. The molecule has 0 saturated heterocycles. The van der Waals surface area contributed by atoms with E-state index in [0.717, 1.165) is 16.2 Å². The van der Waals surface area contributed by atoms with Gasteiger partial charge in [0, 0.05) is 5.56 Å². The highest BCUT2D eigenvalue weighted by Crippen LogP contribution is 2.28. The number of thioether (sulfide) groups is 1. The summed E-state index contributed by atoms with van der Waals surface area (Å²) in [6.45, 7) is 3.66.